The number of aromatic nitrogens is 1. The fourth-order valence-corrected chi connectivity index (χ4v) is 4.43. The van der Waals surface area contributed by atoms with Crippen LogP contribution in [0.1, 0.15) is 20.7 Å². The highest BCUT2D eigenvalue weighted by atomic mass is 16.2. The van der Waals surface area contributed by atoms with Gasteiger partial charge in [0.15, 0.2) is 0 Å². The predicted octanol–water partition coefficient (Wildman–Crippen LogP) is 5.58. The molecule has 0 saturated heterocycles. The Morgan fingerprint density at radius 3 is 1.47 bits per heavy atom. The summed E-state index contributed by atoms with van der Waals surface area (Å²) in [6.07, 6.45) is 0. The molecule has 1 aliphatic rings. The van der Waals surface area contributed by atoms with Crippen molar-refractivity contribution in [2.45, 2.75) is 0 Å². The molecule has 2 amide bonds. The molecule has 0 atom stereocenters. The summed E-state index contributed by atoms with van der Waals surface area (Å²) in [5, 5.41) is 2.26. The van der Waals surface area contributed by atoms with Gasteiger partial charge in [0.25, 0.3) is 11.8 Å². The lowest BCUT2D eigenvalue weighted by Gasteiger charge is -2.20. The third kappa shape index (κ3) is 2.16. The van der Waals surface area contributed by atoms with Crippen LogP contribution >= 0.6 is 0 Å². The molecule has 30 heavy (non-hydrogen) atoms. The van der Waals surface area contributed by atoms with Gasteiger partial charge in [-0.3, -0.25) is 9.59 Å². The molecule has 1 aliphatic heterocycles. The number of rotatable bonds is 2. The van der Waals surface area contributed by atoms with Gasteiger partial charge in [-0.2, -0.15) is 0 Å². The van der Waals surface area contributed by atoms with Crippen molar-refractivity contribution in [1.29, 1.82) is 0 Å². The van der Waals surface area contributed by atoms with Crippen molar-refractivity contribution in [3.8, 4) is 5.69 Å². The van der Waals surface area contributed by atoms with Crippen LogP contribution in [0, 0.1) is 0 Å². The number of carbonyl (C=O) groups is 2. The van der Waals surface area contributed by atoms with Crippen molar-refractivity contribution in [3.63, 3.8) is 0 Å². The first-order valence-corrected chi connectivity index (χ1v) is 9.81. The molecule has 4 aromatic carbocycles. The number of benzene rings is 4. The SMILES string of the molecule is O=C1c2ccccc2C(=O)N1c1ccccc1-n1c2ccccc2c2ccccc21. The zero-order valence-electron chi connectivity index (χ0n) is 15.9. The molecule has 2 heterocycles. The Kier molecular flexibility index (Phi) is 3.44. The summed E-state index contributed by atoms with van der Waals surface area (Å²) in [7, 11) is 0. The number of amides is 2. The summed E-state index contributed by atoms with van der Waals surface area (Å²) in [6, 6.07) is 30.9. The van der Waals surface area contributed by atoms with Crippen LogP contribution < -0.4 is 4.90 Å². The first-order valence-electron chi connectivity index (χ1n) is 9.81. The van der Waals surface area contributed by atoms with Gasteiger partial charge in [-0.1, -0.05) is 60.7 Å². The van der Waals surface area contributed by atoms with Gasteiger partial charge in [-0.15, -0.1) is 0 Å². The van der Waals surface area contributed by atoms with Crippen LogP contribution in [0.4, 0.5) is 5.69 Å². The van der Waals surface area contributed by atoms with Crippen molar-refractivity contribution in [2.75, 3.05) is 4.90 Å². The third-order valence-electron chi connectivity index (χ3n) is 5.74. The number of para-hydroxylation sites is 4. The summed E-state index contributed by atoms with van der Waals surface area (Å²) in [6.45, 7) is 0. The standard InChI is InChI=1S/C26H16N2O2/c29-25-19-11-1-2-12-20(19)26(30)28(25)24-16-8-7-15-23(24)27-21-13-5-3-9-17(21)18-10-4-6-14-22(18)27/h1-16H. The summed E-state index contributed by atoms with van der Waals surface area (Å²) in [4.78, 5) is 27.6. The molecule has 6 rings (SSSR count). The number of hydrogen-bond acceptors (Lipinski definition) is 2. The maximum atomic E-state index is 13.2. The van der Waals surface area contributed by atoms with Crippen molar-refractivity contribution in [2.24, 2.45) is 0 Å². The minimum Gasteiger partial charge on any atom is -0.307 e. The molecule has 0 N–H and O–H groups in total. The largest absolute Gasteiger partial charge is 0.307 e. The lowest BCUT2D eigenvalue weighted by Crippen LogP contribution is -2.30. The molecule has 0 aliphatic carbocycles. The van der Waals surface area contributed by atoms with Crippen LogP contribution in [0.25, 0.3) is 27.5 Å². The van der Waals surface area contributed by atoms with Crippen LogP contribution in [0.2, 0.25) is 0 Å². The quantitative estimate of drug-likeness (QED) is 0.370. The lowest BCUT2D eigenvalue weighted by atomic mass is 10.1. The molecule has 0 saturated carbocycles. The molecular weight excluding hydrogens is 372 g/mol. The van der Waals surface area contributed by atoms with Gasteiger partial charge >= 0.3 is 0 Å². The van der Waals surface area contributed by atoms with Crippen molar-refractivity contribution in [3.05, 3.63) is 108 Å². The summed E-state index contributed by atoms with van der Waals surface area (Å²) in [5.74, 6) is -0.576. The zero-order chi connectivity index (χ0) is 20.2. The Bertz CT molecular complexity index is 1410. The fraction of sp³-hybridized carbons (Fsp3) is 0. The number of imide groups is 1. The van der Waals surface area contributed by atoms with E-state index < -0.39 is 0 Å². The highest BCUT2D eigenvalue weighted by molar-refractivity contribution is 6.35. The maximum absolute atomic E-state index is 13.2. The maximum Gasteiger partial charge on any atom is 0.266 e. The normalized spacial score (nSPS) is 13.4. The smallest absolute Gasteiger partial charge is 0.266 e. The monoisotopic (exact) mass is 388 g/mol. The second-order valence-electron chi connectivity index (χ2n) is 7.35. The van der Waals surface area contributed by atoms with E-state index in [1.54, 1.807) is 24.3 Å². The molecular formula is C26H16N2O2. The van der Waals surface area contributed by atoms with Crippen LogP contribution in [0.3, 0.4) is 0 Å². The molecule has 0 radical (unpaired) electrons. The van der Waals surface area contributed by atoms with Crippen molar-refractivity contribution in [1.82, 2.24) is 4.57 Å². The number of anilines is 1. The van der Waals surface area contributed by atoms with E-state index in [1.807, 2.05) is 48.5 Å². The van der Waals surface area contributed by atoms with Crippen molar-refractivity contribution >= 4 is 39.3 Å². The summed E-state index contributed by atoms with van der Waals surface area (Å²) in [5.41, 5.74) is 4.32. The molecule has 4 nitrogen and oxygen atoms in total. The second-order valence-corrected chi connectivity index (χ2v) is 7.35. The van der Waals surface area contributed by atoms with E-state index in [4.69, 9.17) is 0 Å². The molecule has 0 fully saturated rings. The molecule has 4 heteroatoms. The van der Waals surface area contributed by atoms with Gasteiger partial charge in [0.05, 0.1) is 33.5 Å². The molecule has 0 unspecified atom stereocenters. The summed E-state index contributed by atoms with van der Waals surface area (Å²) >= 11 is 0. The first kappa shape index (κ1) is 16.7. The number of fused-ring (bicyclic) bond motifs is 4. The van der Waals surface area contributed by atoms with Gasteiger partial charge < -0.3 is 4.57 Å². The van der Waals surface area contributed by atoms with Crippen molar-refractivity contribution < 1.29 is 9.59 Å². The number of nitrogens with zero attached hydrogens (tertiary/aromatic N) is 2. The van der Waals surface area contributed by atoms with Gasteiger partial charge in [-0.25, -0.2) is 4.90 Å². The Balaban J connectivity index is 1.65. The van der Waals surface area contributed by atoms with E-state index in [0.29, 0.717) is 16.8 Å². The van der Waals surface area contributed by atoms with Gasteiger partial charge in [0, 0.05) is 10.8 Å². The van der Waals surface area contributed by atoms with Crippen LogP contribution in [0.15, 0.2) is 97.1 Å². The zero-order valence-corrected chi connectivity index (χ0v) is 15.9. The van der Waals surface area contributed by atoms with E-state index in [2.05, 4.69) is 28.8 Å². The minimum atomic E-state index is -0.288. The van der Waals surface area contributed by atoms with Gasteiger partial charge in [-0.05, 0) is 36.4 Å². The number of hydrogen-bond donors (Lipinski definition) is 0. The van der Waals surface area contributed by atoms with Crippen LogP contribution in [-0.4, -0.2) is 16.4 Å². The Morgan fingerprint density at radius 1 is 0.467 bits per heavy atom. The van der Waals surface area contributed by atoms with Crippen LogP contribution in [-0.2, 0) is 0 Å². The molecule has 0 spiro atoms. The summed E-state index contributed by atoms with van der Waals surface area (Å²) < 4.78 is 2.13. The fourth-order valence-electron chi connectivity index (χ4n) is 4.43. The minimum absolute atomic E-state index is 0.288. The highest BCUT2D eigenvalue weighted by Crippen LogP contribution is 2.37. The molecule has 0 bridgehead atoms. The Labute approximate surface area is 172 Å². The number of carbonyl (C=O) groups excluding carboxylic acids is 2. The van der Waals surface area contributed by atoms with Gasteiger partial charge in [0.1, 0.15) is 0 Å². The van der Waals surface area contributed by atoms with Crippen LogP contribution in [0.5, 0.6) is 0 Å². The second kappa shape index (κ2) is 6.16. The topological polar surface area (TPSA) is 42.3 Å². The average Bonchev–Trinajstić information content (AvgIpc) is 3.26. The van der Waals surface area contributed by atoms with E-state index in [0.717, 1.165) is 27.5 Å². The Morgan fingerprint density at radius 2 is 0.900 bits per heavy atom. The van der Waals surface area contributed by atoms with E-state index >= 15 is 0 Å². The first-order chi connectivity index (χ1) is 14.8. The molecule has 1 aromatic heterocycles. The van der Waals surface area contributed by atoms with E-state index in [1.165, 1.54) is 4.90 Å². The van der Waals surface area contributed by atoms with E-state index in [9.17, 15) is 9.59 Å². The van der Waals surface area contributed by atoms with E-state index in [-0.39, 0.29) is 11.8 Å². The third-order valence-corrected chi connectivity index (χ3v) is 5.74. The average molecular weight is 388 g/mol. The molecule has 142 valence electrons. The predicted molar refractivity (Wildman–Crippen MR) is 118 cm³/mol. The van der Waals surface area contributed by atoms with Gasteiger partial charge in [0.2, 0.25) is 0 Å². The lowest BCUT2D eigenvalue weighted by molar-refractivity contribution is 0.0926. The highest BCUT2D eigenvalue weighted by Gasteiger charge is 2.37. The Hall–Kier alpha value is -4.18. The molecule has 5 aromatic rings.